The van der Waals surface area contributed by atoms with Crippen LogP contribution in [0.4, 0.5) is 5.69 Å². The molecule has 0 aromatic heterocycles. The molecule has 0 aliphatic carbocycles. The molecule has 0 spiro atoms. The zero-order valence-corrected chi connectivity index (χ0v) is 16.7. The highest BCUT2D eigenvalue weighted by Crippen LogP contribution is 2.15. The third-order valence-corrected chi connectivity index (χ3v) is 4.01. The first kappa shape index (κ1) is 21.7. The fraction of sp³-hybridized carbons (Fsp3) is 0.286. The van der Waals surface area contributed by atoms with Gasteiger partial charge in [-0.15, -0.1) is 0 Å². The first-order chi connectivity index (χ1) is 13.9. The average Bonchev–Trinajstić information content (AvgIpc) is 2.73. The van der Waals surface area contributed by atoms with Crippen molar-refractivity contribution in [3.63, 3.8) is 0 Å². The van der Waals surface area contributed by atoms with Crippen molar-refractivity contribution in [3.8, 4) is 11.5 Å². The van der Waals surface area contributed by atoms with Gasteiger partial charge in [0.15, 0.2) is 0 Å². The summed E-state index contributed by atoms with van der Waals surface area (Å²) in [5.41, 5.74) is 1.02. The third-order valence-electron chi connectivity index (χ3n) is 4.01. The van der Waals surface area contributed by atoms with E-state index >= 15 is 0 Å². The lowest BCUT2D eigenvalue weighted by atomic mass is 10.2. The second kappa shape index (κ2) is 10.7. The molecule has 0 saturated carbocycles. The largest absolute Gasteiger partial charge is 0.497 e. The molecule has 0 unspecified atom stereocenters. The van der Waals surface area contributed by atoms with Crippen LogP contribution < -0.4 is 20.1 Å². The smallest absolute Gasteiger partial charge is 0.251 e. The Balaban J connectivity index is 1.78. The molecule has 0 atom stereocenters. The lowest BCUT2D eigenvalue weighted by Crippen LogP contribution is -2.41. The van der Waals surface area contributed by atoms with Crippen LogP contribution in [0.3, 0.4) is 0 Å². The van der Waals surface area contributed by atoms with Gasteiger partial charge in [0.05, 0.1) is 26.8 Å². The maximum absolute atomic E-state index is 12.2. The Labute approximate surface area is 169 Å². The molecule has 0 aliphatic heterocycles. The van der Waals surface area contributed by atoms with Gasteiger partial charge in [0.25, 0.3) is 5.91 Å². The molecule has 2 rings (SSSR count). The summed E-state index contributed by atoms with van der Waals surface area (Å²) in [5, 5.41) is 5.25. The van der Waals surface area contributed by atoms with Crippen molar-refractivity contribution in [2.45, 2.75) is 6.92 Å². The molecule has 0 fully saturated rings. The quantitative estimate of drug-likeness (QED) is 0.672. The summed E-state index contributed by atoms with van der Waals surface area (Å²) >= 11 is 0. The number of carbonyl (C=O) groups is 3. The molecule has 0 saturated heterocycles. The van der Waals surface area contributed by atoms with Gasteiger partial charge in [-0.05, 0) is 55.5 Å². The van der Waals surface area contributed by atoms with Crippen LogP contribution in [0, 0.1) is 0 Å². The zero-order valence-electron chi connectivity index (χ0n) is 16.7. The first-order valence-electron chi connectivity index (χ1n) is 9.12. The monoisotopic (exact) mass is 399 g/mol. The second-order valence-corrected chi connectivity index (χ2v) is 6.17. The van der Waals surface area contributed by atoms with E-state index in [1.165, 1.54) is 11.9 Å². The molecule has 0 aliphatic rings. The molecular formula is C21H25N3O5. The Hall–Kier alpha value is -3.55. The van der Waals surface area contributed by atoms with Gasteiger partial charge in [0, 0.05) is 18.3 Å². The van der Waals surface area contributed by atoms with Crippen molar-refractivity contribution in [3.05, 3.63) is 54.1 Å². The minimum absolute atomic E-state index is 0.135. The maximum atomic E-state index is 12.2. The van der Waals surface area contributed by atoms with E-state index in [9.17, 15) is 14.4 Å². The topological polar surface area (TPSA) is 97.0 Å². The standard InChI is InChI=1S/C21H25N3O5/c1-4-29-18-9-5-15(6-10-18)21(27)22-13-20(26)24(2)14-19(25)23-16-7-11-17(28-3)12-8-16/h5-12H,4,13-14H2,1-3H3,(H,22,27)(H,23,25). The van der Waals surface area contributed by atoms with Crippen LogP contribution >= 0.6 is 0 Å². The van der Waals surface area contributed by atoms with Crippen LogP contribution in [0.25, 0.3) is 0 Å². The number of benzene rings is 2. The maximum Gasteiger partial charge on any atom is 0.251 e. The number of likely N-dealkylation sites (N-methyl/N-ethyl adjacent to an activating group) is 1. The van der Waals surface area contributed by atoms with Gasteiger partial charge < -0.3 is 25.0 Å². The minimum atomic E-state index is -0.380. The summed E-state index contributed by atoms with van der Waals surface area (Å²) in [6.07, 6.45) is 0. The van der Waals surface area contributed by atoms with Gasteiger partial charge in [-0.1, -0.05) is 0 Å². The number of ether oxygens (including phenoxy) is 2. The molecule has 8 nitrogen and oxygen atoms in total. The van der Waals surface area contributed by atoms with Crippen LogP contribution in [0.2, 0.25) is 0 Å². The molecule has 2 aromatic carbocycles. The summed E-state index contributed by atoms with van der Waals surface area (Å²) in [5.74, 6) is 0.247. The number of nitrogens with one attached hydrogen (secondary N) is 2. The molecule has 2 N–H and O–H groups in total. The number of amides is 3. The van der Waals surface area contributed by atoms with Crippen LogP contribution in [0.5, 0.6) is 11.5 Å². The normalized spacial score (nSPS) is 10.0. The van der Waals surface area contributed by atoms with Crippen molar-refractivity contribution in [2.75, 3.05) is 39.2 Å². The van der Waals surface area contributed by atoms with E-state index < -0.39 is 0 Å². The SMILES string of the molecule is CCOc1ccc(C(=O)NCC(=O)N(C)CC(=O)Nc2ccc(OC)cc2)cc1. The van der Waals surface area contributed by atoms with E-state index in [4.69, 9.17) is 9.47 Å². The van der Waals surface area contributed by atoms with Crippen LogP contribution in [0.1, 0.15) is 17.3 Å². The van der Waals surface area contributed by atoms with Gasteiger partial charge >= 0.3 is 0 Å². The van der Waals surface area contributed by atoms with Crippen molar-refractivity contribution in [1.82, 2.24) is 10.2 Å². The Morgan fingerprint density at radius 3 is 2.17 bits per heavy atom. The van der Waals surface area contributed by atoms with E-state index in [-0.39, 0.29) is 30.8 Å². The number of carbonyl (C=O) groups excluding carboxylic acids is 3. The average molecular weight is 399 g/mol. The number of anilines is 1. The van der Waals surface area contributed by atoms with Crippen LogP contribution in [-0.4, -0.2) is 56.5 Å². The Kier molecular flexibility index (Phi) is 8.02. The van der Waals surface area contributed by atoms with Crippen molar-refractivity contribution in [2.24, 2.45) is 0 Å². The molecule has 154 valence electrons. The lowest BCUT2D eigenvalue weighted by Gasteiger charge is -2.17. The fourth-order valence-corrected chi connectivity index (χ4v) is 2.44. The van der Waals surface area contributed by atoms with Crippen LogP contribution in [-0.2, 0) is 9.59 Å². The van der Waals surface area contributed by atoms with E-state index in [1.54, 1.807) is 55.6 Å². The molecule has 0 radical (unpaired) electrons. The fourth-order valence-electron chi connectivity index (χ4n) is 2.44. The van der Waals surface area contributed by atoms with E-state index in [0.717, 1.165) is 0 Å². The summed E-state index contributed by atoms with van der Waals surface area (Å²) in [4.78, 5) is 37.7. The predicted molar refractivity (Wildman–Crippen MR) is 109 cm³/mol. The van der Waals surface area contributed by atoms with Crippen molar-refractivity contribution < 1.29 is 23.9 Å². The molecular weight excluding hydrogens is 374 g/mol. The molecule has 2 aromatic rings. The third kappa shape index (κ3) is 6.84. The number of hydrogen-bond acceptors (Lipinski definition) is 5. The number of rotatable bonds is 9. The molecule has 0 heterocycles. The number of methoxy groups -OCH3 is 1. The molecule has 3 amide bonds. The Bertz CT molecular complexity index is 834. The van der Waals surface area contributed by atoms with Gasteiger partial charge in [0.2, 0.25) is 11.8 Å². The number of hydrogen-bond donors (Lipinski definition) is 2. The second-order valence-electron chi connectivity index (χ2n) is 6.17. The zero-order chi connectivity index (χ0) is 21.2. The Morgan fingerprint density at radius 2 is 1.59 bits per heavy atom. The predicted octanol–water partition coefficient (Wildman–Crippen LogP) is 1.92. The van der Waals surface area contributed by atoms with Crippen LogP contribution in [0.15, 0.2) is 48.5 Å². The Morgan fingerprint density at radius 1 is 0.966 bits per heavy atom. The van der Waals surface area contributed by atoms with Crippen molar-refractivity contribution >= 4 is 23.4 Å². The highest BCUT2D eigenvalue weighted by Gasteiger charge is 2.15. The van der Waals surface area contributed by atoms with Gasteiger partial charge in [-0.25, -0.2) is 0 Å². The summed E-state index contributed by atoms with van der Waals surface area (Å²) < 4.78 is 10.4. The molecule has 29 heavy (non-hydrogen) atoms. The minimum Gasteiger partial charge on any atom is -0.497 e. The van der Waals surface area contributed by atoms with Gasteiger partial charge in [-0.2, -0.15) is 0 Å². The highest BCUT2D eigenvalue weighted by atomic mass is 16.5. The van der Waals surface area contributed by atoms with E-state index in [1.807, 2.05) is 6.92 Å². The van der Waals surface area contributed by atoms with Gasteiger partial charge in [0.1, 0.15) is 11.5 Å². The molecule has 8 heteroatoms. The molecule has 0 bridgehead atoms. The number of nitrogens with zero attached hydrogens (tertiary/aromatic N) is 1. The first-order valence-corrected chi connectivity index (χ1v) is 9.12. The lowest BCUT2D eigenvalue weighted by molar-refractivity contribution is -0.132. The van der Waals surface area contributed by atoms with E-state index in [2.05, 4.69) is 10.6 Å². The van der Waals surface area contributed by atoms with Crippen molar-refractivity contribution in [1.29, 1.82) is 0 Å². The summed E-state index contributed by atoms with van der Waals surface area (Å²) in [6.45, 7) is 2.07. The summed E-state index contributed by atoms with van der Waals surface area (Å²) in [7, 11) is 3.06. The van der Waals surface area contributed by atoms with Gasteiger partial charge in [-0.3, -0.25) is 14.4 Å². The van der Waals surface area contributed by atoms with E-state index in [0.29, 0.717) is 29.4 Å². The highest BCUT2D eigenvalue weighted by molar-refractivity contribution is 5.98. The summed E-state index contributed by atoms with van der Waals surface area (Å²) in [6, 6.07) is 13.5.